The van der Waals surface area contributed by atoms with Gasteiger partial charge in [-0.15, -0.1) is 0 Å². The minimum absolute atomic E-state index is 0.313. The molecule has 2 rings (SSSR count). The summed E-state index contributed by atoms with van der Waals surface area (Å²) in [6.45, 7) is 0. The lowest BCUT2D eigenvalue weighted by molar-refractivity contribution is 0.341. The molecule has 1 aromatic carbocycles. The first kappa shape index (κ1) is 9.73. The van der Waals surface area contributed by atoms with E-state index in [1.54, 1.807) is 0 Å². The first-order valence-electron chi connectivity index (χ1n) is 3.70. The minimum Gasteiger partial charge on any atom is -0.424 e. The van der Waals surface area contributed by atoms with E-state index in [-0.39, 0.29) is 0 Å². The van der Waals surface area contributed by atoms with Crippen LogP contribution in [0.5, 0.6) is 11.7 Å². The minimum atomic E-state index is 0.313. The zero-order valence-corrected chi connectivity index (χ0v) is 10.0. The first-order valence-corrected chi connectivity index (χ1v) is 5.29. The average Bonchev–Trinajstić information content (AvgIpc) is 2.62. The van der Waals surface area contributed by atoms with Crippen LogP contribution in [0.3, 0.4) is 0 Å². The summed E-state index contributed by atoms with van der Waals surface area (Å²) < 4.78 is 12.0. The number of hydrogen-bond acceptors (Lipinski definition) is 3. The summed E-state index contributed by atoms with van der Waals surface area (Å²) >= 11 is 6.71. The summed E-state index contributed by atoms with van der Waals surface area (Å²) in [5, 5.41) is 0. The second-order valence-corrected chi connectivity index (χ2v) is 4.22. The molecule has 0 aliphatic heterocycles. The predicted octanol–water partition coefficient (Wildman–Crippen LogP) is 3.79. The van der Waals surface area contributed by atoms with Gasteiger partial charge in [0, 0.05) is 4.47 Å². The largest absolute Gasteiger partial charge is 0.424 e. The molecule has 3 nitrogen and oxygen atoms in total. The van der Waals surface area contributed by atoms with Gasteiger partial charge in [-0.2, -0.15) is 0 Å². The van der Waals surface area contributed by atoms with E-state index in [1.165, 1.54) is 6.20 Å². The van der Waals surface area contributed by atoms with Gasteiger partial charge in [-0.3, -0.25) is 0 Å². The second kappa shape index (κ2) is 4.14. The number of halogens is 2. The molecule has 0 unspecified atom stereocenters. The smallest absolute Gasteiger partial charge is 0.311 e. The van der Waals surface area contributed by atoms with Crippen LogP contribution in [-0.4, -0.2) is 4.98 Å². The maximum Gasteiger partial charge on any atom is 0.311 e. The lowest BCUT2D eigenvalue weighted by atomic mass is 10.3. The Labute approximate surface area is 97.4 Å². The Morgan fingerprint density at radius 3 is 2.86 bits per heavy atom. The van der Waals surface area contributed by atoms with Gasteiger partial charge >= 0.3 is 5.95 Å². The number of oxazole rings is 1. The molecule has 0 atom stereocenters. The molecule has 0 aliphatic rings. The Kier molecular flexibility index (Phi) is 2.88. The van der Waals surface area contributed by atoms with Crippen molar-refractivity contribution in [3.63, 3.8) is 0 Å². The van der Waals surface area contributed by atoms with Crippen molar-refractivity contribution in [3.8, 4) is 11.7 Å². The van der Waals surface area contributed by atoms with E-state index in [0.29, 0.717) is 11.7 Å². The number of hydrogen-bond donors (Lipinski definition) is 0. The summed E-state index contributed by atoms with van der Waals surface area (Å²) in [5.41, 5.74) is 0. The van der Waals surface area contributed by atoms with Crippen LogP contribution < -0.4 is 4.74 Å². The number of nitrogens with zero attached hydrogens (tertiary/aromatic N) is 1. The predicted molar refractivity (Wildman–Crippen MR) is 57.3 cm³/mol. The zero-order valence-electron chi connectivity index (χ0n) is 6.83. The number of ether oxygens (including phenoxy) is 1. The summed E-state index contributed by atoms with van der Waals surface area (Å²) in [6.07, 6.45) is 3.76. The SMILES string of the molecule is Brc1ccc(Oc2cn[c]o2)c(Br)c1. The van der Waals surface area contributed by atoms with Crippen LogP contribution in [0.1, 0.15) is 0 Å². The van der Waals surface area contributed by atoms with Crippen molar-refractivity contribution in [2.75, 3.05) is 0 Å². The second-order valence-electron chi connectivity index (χ2n) is 2.45. The zero-order chi connectivity index (χ0) is 9.97. The van der Waals surface area contributed by atoms with E-state index in [0.717, 1.165) is 8.95 Å². The molecule has 1 radical (unpaired) electrons. The first-order chi connectivity index (χ1) is 6.75. The van der Waals surface area contributed by atoms with Gasteiger partial charge < -0.3 is 9.15 Å². The molecular weight excluding hydrogens is 314 g/mol. The van der Waals surface area contributed by atoms with Gasteiger partial charge in [-0.25, -0.2) is 4.98 Å². The van der Waals surface area contributed by atoms with E-state index < -0.39 is 0 Å². The van der Waals surface area contributed by atoms with Gasteiger partial charge in [-0.05, 0) is 34.1 Å². The van der Waals surface area contributed by atoms with Gasteiger partial charge in [0.05, 0.1) is 4.47 Å². The van der Waals surface area contributed by atoms with Crippen molar-refractivity contribution < 1.29 is 9.15 Å². The van der Waals surface area contributed by atoms with Crippen LogP contribution in [0.2, 0.25) is 0 Å². The van der Waals surface area contributed by atoms with Crippen molar-refractivity contribution in [1.29, 1.82) is 0 Å². The van der Waals surface area contributed by atoms with Crippen LogP contribution in [0.15, 0.2) is 37.8 Å². The average molecular weight is 318 g/mol. The molecule has 0 N–H and O–H groups in total. The van der Waals surface area contributed by atoms with E-state index in [9.17, 15) is 0 Å². The Morgan fingerprint density at radius 2 is 2.21 bits per heavy atom. The maximum absolute atomic E-state index is 5.38. The molecule has 2 aromatic rings. The fraction of sp³-hybridized carbons (Fsp3) is 0. The summed E-state index contributed by atoms with van der Waals surface area (Å²) in [7, 11) is 0. The van der Waals surface area contributed by atoms with Crippen molar-refractivity contribution in [2.24, 2.45) is 0 Å². The fourth-order valence-electron chi connectivity index (χ4n) is 0.890. The monoisotopic (exact) mass is 316 g/mol. The molecule has 0 spiro atoms. The Morgan fingerprint density at radius 1 is 1.36 bits per heavy atom. The number of aromatic nitrogens is 1. The highest BCUT2D eigenvalue weighted by Crippen LogP contribution is 2.31. The maximum atomic E-state index is 5.38. The van der Waals surface area contributed by atoms with Gasteiger partial charge in [0.15, 0.2) is 0 Å². The van der Waals surface area contributed by atoms with Crippen LogP contribution in [0, 0.1) is 6.39 Å². The van der Waals surface area contributed by atoms with E-state index in [2.05, 4.69) is 43.2 Å². The fourth-order valence-corrected chi connectivity index (χ4v) is 2.02. The van der Waals surface area contributed by atoms with Crippen molar-refractivity contribution >= 4 is 31.9 Å². The number of rotatable bonds is 2. The van der Waals surface area contributed by atoms with E-state index >= 15 is 0 Å². The van der Waals surface area contributed by atoms with Crippen LogP contribution in [-0.2, 0) is 0 Å². The summed E-state index contributed by atoms with van der Waals surface area (Å²) in [6, 6.07) is 5.58. The van der Waals surface area contributed by atoms with E-state index in [4.69, 9.17) is 9.15 Å². The van der Waals surface area contributed by atoms with E-state index in [1.807, 2.05) is 18.2 Å². The lowest BCUT2D eigenvalue weighted by Crippen LogP contribution is -1.82. The van der Waals surface area contributed by atoms with Gasteiger partial charge in [-0.1, -0.05) is 15.9 Å². The van der Waals surface area contributed by atoms with Crippen LogP contribution >= 0.6 is 31.9 Å². The van der Waals surface area contributed by atoms with Crippen LogP contribution in [0.4, 0.5) is 0 Å². The van der Waals surface area contributed by atoms with Gasteiger partial charge in [0.25, 0.3) is 6.39 Å². The van der Waals surface area contributed by atoms with Crippen molar-refractivity contribution in [2.45, 2.75) is 0 Å². The molecule has 0 fully saturated rings. The molecule has 0 amide bonds. The molecule has 14 heavy (non-hydrogen) atoms. The highest BCUT2D eigenvalue weighted by molar-refractivity contribution is 9.11. The quantitative estimate of drug-likeness (QED) is 0.845. The van der Waals surface area contributed by atoms with Crippen molar-refractivity contribution in [3.05, 3.63) is 39.7 Å². The molecule has 71 valence electrons. The van der Waals surface area contributed by atoms with Crippen molar-refractivity contribution in [1.82, 2.24) is 4.98 Å². The number of benzene rings is 1. The topological polar surface area (TPSA) is 35.3 Å². The standard InChI is InChI=1S/C9H4Br2NO2/c10-6-1-2-8(7(11)3-6)14-9-4-12-5-13-9/h1-4H. The Bertz CT molecular complexity index is 428. The lowest BCUT2D eigenvalue weighted by Gasteiger charge is -2.03. The van der Waals surface area contributed by atoms with Gasteiger partial charge in [0.1, 0.15) is 11.9 Å². The highest BCUT2D eigenvalue weighted by atomic mass is 79.9. The third-order valence-electron chi connectivity index (χ3n) is 1.47. The van der Waals surface area contributed by atoms with Gasteiger partial charge in [0.2, 0.25) is 0 Å². The molecule has 0 saturated heterocycles. The third-order valence-corrected chi connectivity index (χ3v) is 2.59. The molecule has 0 saturated carbocycles. The molecule has 1 heterocycles. The highest BCUT2D eigenvalue weighted by Gasteiger charge is 2.05. The molecule has 1 aromatic heterocycles. The van der Waals surface area contributed by atoms with Crippen LogP contribution in [0.25, 0.3) is 0 Å². The normalized spacial score (nSPS) is 10.1. The Hall–Kier alpha value is -0.810. The molecule has 5 heteroatoms. The summed E-state index contributed by atoms with van der Waals surface area (Å²) in [5.74, 6) is 0.978. The molecule has 0 bridgehead atoms. The Balaban J connectivity index is 2.25. The summed E-state index contributed by atoms with van der Waals surface area (Å²) in [4.78, 5) is 3.62. The third kappa shape index (κ3) is 2.16. The molecular formula is C9H4Br2NO2. The molecule has 0 aliphatic carbocycles.